The molecule has 3 heterocycles. The second kappa shape index (κ2) is 7.33. The third-order valence-corrected chi connectivity index (χ3v) is 4.26. The molecule has 0 atom stereocenters. The first kappa shape index (κ1) is 16.8. The number of hydrogen-bond donors (Lipinski definition) is 3. The van der Waals surface area contributed by atoms with E-state index in [9.17, 15) is 4.79 Å². The molecule has 0 aliphatic carbocycles. The van der Waals surface area contributed by atoms with Crippen LogP contribution >= 0.6 is 0 Å². The number of carbonyl (C=O) groups is 1. The lowest BCUT2D eigenvalue weighted by Crippen LogP contribution is -2.28. The van der Waals surface area contributed by atoms with E-state index >= 15 is 0 Å². The standard InChI is InChI=1S/C20H20N6O/c1-2-22-20(27)25-19-23-16-11-15(14-7-6-8-21-13-14)12-17(18(16)24-19)26-9-4-3-5-10-26/h3-9,11-13H,2,10H2,1H3,(H3,22,23,24,25,27). The summed E-state index contributed by atoms with van der Waals surface area (Å²) in [5, 5.41) is 5.45. The molecule has 3 aromatic rings. The molecule has 1 aromatic carbocycles. The molecule has 0 spiro atoms. The number of fused-ring (bicyclic) bond motifs is 1. The van der Waals surface area contributed by atoms with Crippen molar-refractivity contribution in [2.24, 2.45) is 0 Å². The number of urea groups is 1. The third kappa shape index (κ3) is 3.52. The quantitative estimate of drug-likeness (QED) is 0.663. The molecule has 4 rings (SSSR count). The maximum Gasteiger partial charge on any atom is 0.321 e. The number of anilines is 2. The SMILES string of the molecule is CCNC(=O)Nc1nc2c(N3C=CC=CC3)cc(-c3cccnc3)cc2[nH]1. The van der Waals surface area contributed by atoms with Gasteiger partial charge in [0.2, 0.25) is 5.95 Å². The van der Waals surface area contributed by atoms with Crippen molar-refractivity contribution in [1.29, 1.82) is 0 Å². The molecular weight excluding hydrogens is 340 g/mol. The Kier molecular flexibility index (Phi) is 4.57. The lowest BCUT2D eigenvalue weighted by atomic mass is 10.1. The maximum atomic E-state index is 11.8. The fraction of sp³-hybridized carbons (Fsp3) is 0.150. The van der Waals surface area contributed by atoms with Gasteiger partial charge in [-0.25, -0.2) is 9.78 Å². The molecule has 7 heteroatoms. The number of rotatable bonds is 4. The Labute approximate surface area is 156 Å². The Hall–Kier alpha value is -3.61. The molecule has 1 aliphatic rings. The number of imidazole rings is 1. The first-order chi connectivity index (χ1) is 13.2. The van der Waals surface area contributed by atoms with Crippen molar-refractivity contribution in [3.8, 4) is 11.1 Å². The summed E-state index contributed by atoms with van der Waals surface area (Å²) in [6.07, 6.45) is 11.7. The number of amides is 2. The van der Waals surface area contributed by atoms with Crippen molar-refractivity contribution in [3.05, 3.63) is 61.1 Å². The average molecular weight is 360 g/mol. The van der Waals surface area contributed by atoms with Gasteiger partial charge in [-0.3, -0.25) is 10.3 Å². The van der Waals surface area contributed by atoms with Gasteiger partial charge in [0.25, 0.3) is 0 Å². The molecule has 2 aromatic heterocycles. The molecule has 0 saturated heterocycles. The van der Waals surface area contributed by atoms with Gasteiger partial charge in [-0.15, -0.1) is 0 Å². The molecule has 3 N–H and O–H groups in total. The number of H-pyrrole nitrogens is 1. The molecular formula is C20H20N6O. The Bertz CT molecular complexity index is 1020. The number of allylic oxidation sites excluding steroid dienone is 2. The highest BCUT2D eigenvalue weighted by atomic mass is 16.2. The van der Waals surface area contributed by atoms with Gasteiger partial charge < -0.3 is 15.2 Å². The van der Waals surface area contributed by atoms with Gasteiger partial charge in [0, 0.05) is 37.2 Å². The lowest BCUT2D eigenvalue weighted by Gasteiger charge is -2.21. The fourth-order valence-electron chi connectivity index (χ4n) is 3.04. The van der Waals surface area contributed by atoms with Gasteiger partial charge in [0.1, 0.15) is 5.52 Å². The molecule has 7 nitrogen and oxygen atoms in total. The molecule has 136 valence electrons. The maximum absolute atomic E-state index is 11.8. The van der Waals surface area contributed by atoms with Crippen LogP contribution in [0.25, 0.3) is 22.2 Å². The Morgan fingerprint density at radius 1 is 1.30 bits per heavy atom. The highest BCUT2D eigenvalue weighted by Gasteiger charge is 2.16. The Morgan fingerprint density at radius 3 is 2.96 bits per heavy atom. The third-order valence-electron chi connectivity index (χ3n) is 4.26. The van der Waals surface area contributed by atoms with Crippen LogP contribution in [0.15, 0.2) is 61.1 Å². The zero-order valence-corrected chi connectivity index (χ0v) is 14.9. The van der Waals surface area contributed by atoms with Crippen LogP contribution in [0, 0.1) is 0 Å². The topological polar surface area (TPSA) is 85.9 Å². The van der Waals surface area contributed by atoms with Crippen molar-refractivity contribution in [3.63, 3.8) is 0 Å². The van der Waals surface area contributed by atoms with Crippen LogP contribution in [0.3, 0.4) is 0 Å². The van der Waals surface area contributed by atoms with Crippen molar-refractivity contribution in [2.45, 2.75) is 6.92 Å². The Balaban J connectivity index is 1.81. The van der Waals surface area contributed by atoms with Gasteiger partial charge in [-0.1, -0.05) is 18.2 Å². The van der Waals surface area contributed by atoms with Crippen LogP contribution < -0.4 is 15.5 Å². The van der Waals surface area contributed by atoms with Crippen LogP contribution in [0.1, 0.15) is 6.92 Å². The molecule has 0 unspecified atom stereocenters. The normalized spacial score (nSPS) is 13.1. The zero-order valence-electron chi connectivity index (χ0n) is 14.9. The second-order valence-corrected chi connectivity index (χ2v) is 6.13. The average Bonchev–Trinajstić information content (AvgIpc) is 3.11. The summed E-state index contributed by atoms with van der Waals surface area (Å²) in [5.41, 5.74) is 4.66. The minimum absolute atomic E-state index is 0.286. The summed E-state index contributed by atoms with van der Waals surface area (Å²) >= 11 is 0. The monoisotopic (exact) mass is 360 g/mol. The molecule has 27 heavy (non-hydrogen) atoms. The number of nitrogens with one attached hydrogen (secondary N) is 3. The van der Waals surface area contributed by atoms with E-state index in [4.69, 9.17) is 0 Å². The lowest BCUT2D eigenvalue weighted by molar-refractivity contribution is 0.252. The summed E-state index contributed by atoms with van der Waals surface area (Å²) < 4.78 is 0. The number of carbonyl (C=O) groups excluding carboxylic acids is 1. The van der Waals surface area contributed by atoms with Crippen molar-refractivity contribution >= 4 is 28.7 Å². The van der Waals surface area contributed by atoms with E-state index in [1.165, 1.54) is 0 Å². The largest absolute Gasteiger partial charge is 0.342 e. The number of aromatic nitrogens is 3. The van der Waals surface area contributed by atoms with Gasteiger partial charge in [-0.05, 0) is 36.8 Å². The van der Waals surface area contributed by atoms with Gasteiger partial charge in [0.15, 0.2) is 0 Å². The van der Waals surface area contributed by atoms with E-state index in [1.807, 2.05) is 49.7 Å². The predicted octanol–water partition coefficient (Wildman–Crippen LogP) is 3.66. The number of hydrogen-bond acceptors (Lipinski definition) is 4. The van der Waals surface area contributed by atoms with Crippen LogP contribution in [-0.4, -0.2) is 34.1 Å². The molecule has 0 saturated carbocycles. The number of pyridine rings is 1. The van der Waals surface area contributed by atoms with Gasteiger partial charge >= 0.3 is 6.03 Å². The predicted molar refractivity (Wildman–Crippen MR) is 108 cm³/mol. The second-order valence-electron chi connectivity index (χ2n) is 6.13. The van der Waals surface area contributed by atoms with E-state index in [-0.39, 0.29) is 6.03 Å². The summed E-state index contributed by atoms with van der Waals surface area (Å²) in [4.78, 5) is 26.0. The first-order valence-corrected chi connectivity index (χ1v) is 8.83. The summed E-state index contributed by atoms with van der Waals surface area (Å²) in [6, 6.07) is 7.77. The van der Waals surface area contributed by atoms with Crippen LogP contribution in [-0.2, 0) is 0 Å². The molecule has 1 aliphatic heterocycles. The van der Waals surface area contributed by atoms with E-state index in [2.05, 4.69) is 42.6 Å². The van der Waals surface area contributed by atoms with Crippen molar-refractivity contribution in [2.75, 3.05) is 23.3 Å². The van der Waals surface area contributed by atoms with Crippen molar-refractivity contribution in [1.82, 2.24) is 20.3 Å². The van der Waals surface area contributed by atoms with Crippen molar-refractivity contribution < 1.29 is 4.79 Å². The molecule has 0 fully saturated rings. The van der Waals surface area contributed by atoms with Crippen LogP contribution in [0.5, 0.6) is 0 Å². The molecule has 2 amide bonds. The van der Waals surface area contributed by atoms with E-state index in [1.54, 1.807) is 6.20 Å². The minimum atomic E-state index is -0.286. The zero-order chi connectivity index (χ0) is 18.6. The number of nitrogens with zero attached hydrogens (tertiary/aromatic N) is 3. The van der Waals surface area contributed by atoms with Gasteiger partial charge in [0.05, 0.1) is 11.2 Å². The smallest absolute Gasteiger partial charge is 0.321 e. The van der Waals surface area contributed by atoms with Crippen LogP contribution in [0.4, 0.5) is 16.4 Å². The summed E-state index contributed by atoms with van der Waals surface area (Å²) in [6.45, 7) is 3.17. The van der Waals surface area contributed by atoms with E-state index < -0.39 is 0 Å². The number of aromatic amines is 1. The fourth-order valence-corrected chi connectivity index (χ4v) is 3.04. The highest BCUT2D eigenvalue weighted by molar-refractivity contribution is 5.97. The van der Waals surface area contributed by atoms with Crippen LogP contribution in [0.2, 0.25) is 0 Å². The van der Waals surface area contributed by atoms with E-state index in [0.717, 1.165) is 34.4 Å². The van der Waals surface area contributed by atoms with Gasteiger partial charge in [-0.2, -0.15) is 0 Å². The summed E-state index contributed by atoms with van der Waals surface area (Å²) in [7, 11) is 0. The minimum Gasteiger partial charge on any atom is -0.342 e. The number of benzene rings is 1. The Morgan fingerprint density at radius 2 is 2.22 bits per heavy atom. The summed E-state index contributed by atoms with van der Waals surface area (Å²) in [5.74, 6) is 0.414. The molecule has 0 bridgehead atoms. The molecule has 0 radical (unpaired) electrons. The highest BCUT2D eigenvalue weighted by Crippen LogP contribution is 2.33. The first-order valence-electron chi connectivity index (χ1n) is 8.83. The van der Waals surface area contributed by atoms with E-state index in [0.29, 0.717) is 12.5 Å².